The number of hydrogen-bond donors (Lipinski definition) is 0. The molecule has 0 aromatic heterocycles. The molecule has 7 nitrogen and oxygen atoms in total. The van der Waals surface area contributed by atoms with Crippen molar-refractivity contribution in [3.8, 4) is 0 Å². The lowest BCUT2D eigenvalue weighted by Crippen LogP contribution is -2.43. The van der Waals surface area contributed by atoms with Gasteiger partial charge in [0.05, 0.1) is 0 Å². The van der Waals surface area contributed by atoms with E-state index in [-0.39, 0.29) is 11.9 Å². The van der Waals surface area contributed by atoms with Crippen LogP contribution in [0.3, 0.4) is 0 Å². The van der Waals surface area contributed by atoms with Crippen LogP contribution in [0, 0.1) is 0 Å². The molecule has 1 rings (SSSR count). The third kappa shape index (κ3) is 29.1. The zero-order valence-electron chi connectivity index (χ0n) is 33.3. The van der Waals surface area contributed by atoms with Gasteiger partial charge in [-0.15, -0.1) is 0 Å². The fourth-order valence-corrected chi connectivity index (χ4v) is 7.10. The molecular weight excluding hydrogens is 610 g/mol. The smallest absolute Gasteiger partial charge is 0.305 e. The van der Waals surface area contributed by atoms with Crippen LogP contribution >= 0.6 is 0 Å². The lowest BCUT2D eigenvalue weighted by molar-refractivity contribution is -0.144. The van der Waals surface area contributed by atoms with Crippen LogP contribution in [-0.2, 0) is 19.1 Å². The summed E-state index contributed by atoms with van der Waals surface area (Å²) in [4.78, 5) is 32.1. The number of nitrogens with zero attached hydrogens (tertiary/aromatic N) is 3. The second-order valence-corrected chi connectivity index (χ2v) is 15.2. The first-order valence-corrected chi connectivity index (χ1v) is 21.4. The highest BCUT2D eigenvalue weighted by Gasteiger charge is 2.20. The topological polar surface area (TPSA) is 62.3 Å². The predicted molar refractivity (Wildman–Crippen MR) is 208 cm³/mol. The molecule has 290 valence electrons. The van der Waals surface area contributed by atoms with E-state index in [2.05, 4.69) is 42.6 Å². The molecule has 0 spiro atoms. The van der Waals surface area contributed by atoms with Crippen molar-refractivity contribution in [2.45, 2.75) is 193 Å². The highest BCUT2D eigenvalue weighted by atomic mass is 16.5. The Morgan fingerprint density at radius 1 is 0.531 bits per heavy atom. The minimum atomic E-state index is -0.0713. The molecule has 49 heavy (non-hydrogen) atoms. The van der Waals surface area contributed by atoms with Gasteiger partial charge in [-0.05, 0) is 72.4 Å². The molecule has 0 aromatic carbocycles. The Bertz CT molecular complexity index is 697. The second-order valence-electron chi connectivity index (χ2n) is 15.2. The van der Waals surface area contributed by atoms with Crippen molar-refractivity contribution < 1.29 is 19.1 Å². The maximum Gasteiger partial charge on any atom is 0.305 e. The van der Waals surface area contributed by atoms with Gasteiger partial charge in [0.1, 0.15) is 13.2 Å². The van der Waals surface area contributed by atoms with Crippen molar-refractivity contribution in [3.63, 3.8) is 0 Å². The van der Waals surface area contributed by atoms with Crippen molar-refractivity contribution in [1.82, 2.24) is 14.7 Å². The zero-order valence-corrected chi connectivity index (χ0v) is 33.3. The fraction of sp³-hybridized carbons (Fsp3) is 0.952. The first-order valence-electron chi connectivity index (χ1n) is 21.4. The maximum atomic E-state index is 12.4. The van der Waals surface area contributed by atoms with Crippen LogP contribution in [0.2, 0.25) is 0 Å². The molecule has 1 saturated heterocycles. The molecule has 0 amide bonds. The Hall–Kier alpha value is -1.18. The first kappa shape index (κ1) is 45.8. The van der Waals surface area contributed by atoms with Gasteiger partial charge in [0, 0.05) is 32.0 Å². The van der Waals surface area contributed by atoms with E-state index in [4.69, 9.17) is 9.47 Å². The Balaban J connectivity index is 2.23. The van der Waals surface area contributed by atoms with Gasteiger partial charge in [-0.25, -0.2) is 0 Å². The molecule has 1 fully saturated rings. The van der Waals surface area contributed by atoms with E-state index in [1.807, 2.05) is 0 Å². The highest BCUT2D eigenvalue weighted by molar-refractivity contribution is 5.69. The Morgan fingerprint density at radius 2 is 0.898 bits per heavy atom. The molecule has 0 atom stereocenters. The summed E-state index contributed by atoms with van der Waals surface area (Å²) in [6.45, 7) is 11.1. The standard InChI is InChI=1S/C42H83N3O4/c1-5-7-9-11-13-15-17-19-21-23-25-28-41(46)48-38-36-45(33-27-32-44-34-30-40(31-35-44)43(3)4)37-39-49-42(47)29-26-24-22-20-18-16-14-12-10-8-6-2/h40H,5-39H2,1-4H3. The predicted octanol–water partition coefficient (Wildman–Crippen LogP) is 10.2. The van der Waals surface area contributed by atoms with E-state index < -0.39 is 0 Å². The van der Waals surface area contributed by atoms with Crippen LogP contribution in [0.25, 0.3) is 0 Å². The van der Waals surface area contributed by atoms with Crippen LogP contribution in [0.1, 0.15) is 187 Å². The normalized spacial score (nSPS) is 14.2. The number of likely N-dealkylation sites (tertiary alicyclic amines) is 1. The zero-order chi connectivity index (χ0) is 35.6. The van der Waals surface area contributed by atoms with Gasteiger partial charge in [-0.1, -0.05) is 142 Å². The first-order chi connectivity index (χ1) is 24.0. The van der Waals surface area contributed by atoms with Crippen LogP contribution in [-0.4, -0.2) is 99.3 Å². The van der Waals surface area contributed by atoms with Crippen LogP contribution in [0.5, 0.6) is 0 Å². The van der Waals surface area contributed by atoms with E-state index in [1.165, 1.54) is 128 Å². The summed E-state index contributed by atoms with van der Waals surface area (Å²) < 4.78 is 11.3. The van der Waals surface area contributed by atoms with Crippen LogP contribution in [0.15, 0.2) is 0 Å². The van der Waals surface area contributed by atoms with Crippen molar-refractivity contribution >= 4 is 11.9 Å². The van der Waals surface area contributed by atoms with Crippen LogP contribution in [0.4, 0.5) is 0 Å². The average molecular weight is 694 g/mol. The number of ether oxygens (including phenoxy) is 2. The molecule has 0 radical (unpaired) electrons. The van der Waals surface area contributed by atoms with Crippen molar-refractivity contribution in [1.29, 1.82) is 0 Å². The molecule has 0 N–H and O–H groups in total. The van der Waals surface area contributed by atoms with Crippen molar-refractivity contribution in [2.75, 3.05) is 66.6 Å². The largest absolute Gasteiger partial charge is 0.464 e. The molecule has 0 saturated carbocycles. The third-order valence-corrected chi connectivity index (χ3v) is 10.5. The molecular formula is C42H83N3O4. The average Bonchev–Trinajstić information content (AvgIpc) is 3.09. The number of hydrogen-bond acceptors (Lipinski definition) is 7. The van der Waals surface area contributed by atoms with Gasteiger partial charge >= 0.3 is 11.9 Å². The number of rotatable bonds is 35. The summed E-state index contributed by atoms with van der Waals surface area (Å²) in [6.07, 6.45) is 32.8. The number of esters is 2. The quantitative estimate of drug-likeness (QED) is 0.0484. The minimum Gasteiger partial charge on any atom is -0.464 e. The number of unbranched alkanes of at least 4 members (excludes halogenated alkanes) is 20. The van der Waals surface area contributed by atoms with Gasteiger partial charge < -0.3 is 19.3 Å². The van der Waals surface area contributed by atoms with Gasteiger partial charge in [0.15, 0.2) is 0 Å². The summed E-state index contributed by atoms with van der Waals surface area (Å²) in [5.41, 5.74) is 0. The summed E-state index contributed by atoms with van der Waals surface area (Å²) in [5, 5.41) is 0. The highest BCUT2D eigenvalue weighted by Crippen LogP contribution is 2.15. The lowest BCUT2D eigenvalue weighted by Gasteiger charge is -2.35. The van der Waals surface area contributed by atoms with Gasteiger partial charge in [-0.2, -0.15) is 0 Å². The maximum absolute atomic E-state index is 12.4. The Labute approximate surface area is 305 Å². The number of piperidine rings is 1. The fourth-order valence-electron chi connectivity index (χ4n) is 7.10. The monoisotopic (exact) mass is 694 g/mol. The Kier molecular flexibility index (Phi) is 31.7. The van der Waals surface area contributed by atoms with Crippen molar-refractivity contribution in [2.24, 2.45) is 0 Å². The Morgan fingerprint density at radius 3 is 1.27 bits per heavy atom. The van der Waals surface area contributed by atoms with Gasteiger partial charge in [0.25, 0.3) is 0 Å². The molecule has 1 aliphatic rings. The number of carbonyl (C=O) groups excluding carboxylic acids is 2. The summed E-state index contributed by atoms with van der Waals surface area (Å²) in [6, 6.07) is 0.701. The van der Waals surface area contributed by atoms with E-state index in [1.54, 1.807) is 0 Å². The third-order valence-electron chi connectivity index (χ3n) is 10.5. The van der Waals surface area contributed by atoms with Gasteiger partial charge in [0.2, 0.25) is 0 Å². The summed E-state index contributed by atoms with van der Waals surface area (Å²) in [5.74, 6) is -0.143. The molecule has 1 heterocycles. The van der Waals surface area contributed by atoms with E-state index in [0.29, 0.717) is 45.2 Å². The van der Waals surface area contributed by atoms with Crippen molar-refractivity contribution in [3.05, 3.63) is 0 Å². The van der Waals surface area contributed by atoms with E-state index in [0.717, 1.165) is 58.3 Å². The van der Waals surface area contributed by atoms with Crippen LogP contribution < -0.4 is 0 Å². The molecule has 7 heteroatoms. The van der Waals surface area contributed by atoms with E-state index >= 15 is 0 Å². The molecule has 0 unspecified atom stereocenters. The molecule has 0 aliphatic carbocycles. The molecule has 0 aromatic rings. The second kappa shape index (κ2) is 33.9. The minimum absolute atomic E-state index is 0.0713. The lowest BCUT2D eigenvalue weighted by atomic mass is 10.0. The SMILES string of the molecule is CCCCCCCCCCCCCC(=O)OCCN(CCCN1CCC(N(C)C)CC1)CCOC(=O)CCCCCCCCCCCCC. The van der Waals surface area contributed by atoms with Gasteiger partial charge in [-0.3, -0.25) is 14.5 Å². The van der Waals surface area contributed by atoms with E-state index in [9.17, 15) is 9.59 Å². The number of carbonyl (C=O) groups is 2. The summed E-state index contributed by atoms with van der Waals surface area (Å²) in [7, 11) is 4.38. The molecule has 1 aliphatic heterocycles. The summed E-state index contributed by atoms with van der Waals surface area (Å²) >= 11 is 0. The molecule has 0 bridgehead atoms.